The first-order valence-electron chi connectivity index (χ1n) is 7.99. The van der Waals surface area contributed by atoms with E-state index in [1.807, 2.05) is 56.3 Å². The molecule has 0 spiro atoms. The first-order valence-corrected chi connectivity index (χ1v) is 7.99. The van der Waals surface area contributed by atoms with E-state index in [4.69, 9.17) is 9.15 Å². The summed E-state index contributed by atoms with van der Waals surface area (Å²) in [7, 11) is 0. The van der Waals surface area contributed by atoms with Crippen LogP contribution in [0.1, 0.15) is 25.0 Å². The lowest BCUT2D eigenvalue weighted by Crippen LogP contribution is -2.01. The fourth-order valence-corrected chi connectivity index (χ4v) is 2.54. The quantitative estimate of drug-likeness (QED) is 0.497. The van der Waals surface area contributed by atoms with E-state index in [0.717, 1.165) is 22.3 Å². The molecule has 0 amide bonds. The van der Waals surface area contributed by atoms with Gasteiger partial charge >= 0.3 is 5.63 Å². The second-order valence-electron chi connectivity index (χ2n) is 5.97. The molecule has 0 saturated carbocycles. The highest BCUT2D eigenvalue weighted by Crippen LogP contribution is 2.29. The standard InChI is InChI=1S/C21H20O3/c1-15(2)8-11-18-19(23-14-16-6-4-3-5-7-16)12-9-17-10-13-20(22)24-21(17)18/h3-10,12-13H,11,14H2,1-2H3. The van der Waals surface area contributed by atoms with Gasteiger partial charge in [-0.05, 0) is 44.0 Å². The molecule has 1 heterocycles. The average Bonchev–Trinajstić information content (AvgIpc) is 2.59. The van der Waals surface area contributed by atoms with Gasteiger partial charge in [-0.1, -0.05) is 42.0 Å². The second-order valence-corrected chi connectivity index (χ2v) is 5.97. The lowest BCUT2D eigenvalue weighted by molar-refractivity contribution is 0.303. The Labute approximate surface area is 141 Å². The van der Waals surface area contributed by atoms with Gasteiger partial charge in [-0.15, -0.1) is 0 Å². The lowest BCUT2D eigenvalue weighted by Gasteiger charge is -2.12. The maximum atomic E-state index is 11.6. The molecule has 0 aliphatic carbocycles. The van der Waals surface area contributed by atoms with Crippen molar-refractivity contribution in [3.05, 3.63) is 87.8 Å². The van der Waals surface area contributed by atoms with Crippen LogP contribution in [-0.4, -0.2) is 0 Å². The fourth-order valence-electron chi connectivity index (χ4n) is 2.54. The Balaban J connectivity index is 2.00. The van der Waals surface area contributed by atoms with Crippen LogP contribution in [0, 0.1) is 0 Å². The smallest absolute Gasteiger partial charge is 0.336 e. The highest BCUT2D eigenvalue weighted by atomic mass is 16.5. The van der Waals surface area contributed by atoms with E-state index in [2.05, 4.69) is 6.08 Å². The van der Waals surface area contributed by atoms with Crippen molar-refractivity contribution in [3.8, 4) is 5.75 Å². The highest BCUT2D eigenvalue weighted by molar-refractivity contribution is 5.82. The van der Waals surface area contributed by atoms with Crippen LogP contribution in [0.25, 0.3) is 11.0 Å². The third-order valence-corrected chi connectivity index (χ3v) is 3.80. The summed E-state index contributed by atoms with van der Waals surface area (Å²) in [5.74, 6) is 0.748. The summed E-state index contributed by atoms with van der Waals surface area (Å²) < 4.78 is 11.5. The van der Waals surface area contributed by atoms with Crippen LogP contribution in [0.2, 0.25) is 0 Å². The molecule has 3 aromatic rings. The highest BCUT2D eigenvalue weighted by Gasteiger charge is 2.11. The monoisotopic (exact) mass is 320 g/mol. The number of rotatable bonds is 5. The SMILES string of the molecule is CC(C)=CCc1c(OCc2ccccc2)ccc2ccc(=O)oc12. The maximum absolute atomic E-state index is 11.6. The van der Waals surface area contributed by atoms with E-state index in [-0.39, 0.29) is 5.63 Å². The fraction of sp³-hybridized carbons (Fsp3) is 0.190. The normalized spacial score (nSPS) is 10.6. The molecule has 0 saturated heterocycles. The zero-order valence-corrected chi connectivity index (χ0v) is 13.9. The van der Waals surface area contributed by atoms with Crippen LogP contribution in [0.15, 0.2) is 75.5 Å². The van der Waals surface area contributed by atoms with Gasteiger partial charge in [0.2, 0.25) is 0 Å². The van der Waals surface area contributed by atoms with E-state index in [1.54, 1.807) is 6.07 Å². The molecule has 0 atom stereocenters. The molecule has 3 heteroatoms. The van der Waals surface area contributed by atoms with Crippen molar-refractivity contribution in [2.24, 2.45) is 0 Å². The van der Waals surface area contributed by atoms with Crippen molar-refractivity contribution in [2.75, 3.05) is 0 Å². The number of benzene rings is 2. The van der Waals surface area contributed by atoms with Crippen molar-refractivity contribution in [1.29, 1.82) is 0 Å². The summed E-state index contributed by atoms with van der Waals surface area (Å²) in [6.45, 7) is 4.57. The number of hydrogen-bond acceptors (Lipinski definition) is 3. The molecular formula is C21H20O3. The summed E-state index contributed by atoms with van der Waals surface area (Å²) >= 11 is 0. The van der Waals surface area contributed by atoms with E-state index in [0.29, 0.717) is 18.6 Å². The molecule has 0 fully saturated rings. The van der Waals surface area contributed by atoms with Crippen LogP contribution in [0.5, 0.6) is 5.75 Å². The zero-order chi connectivity index (χ0) is 16.9. The minimum absolute atomic E-state index is 0.346. The predicted octanol–water partition coefficient (Wildman–Crippen LogP) is 4.88. The Morgan fingerprint density at radius 1 is 1.04 bits per heavy atom. The largest absolute Gasteiger partial charge is 0.488 e. The third kappa shape index (κ3) is 3.74. The summed E-state index contributed by atoms with van der Waals surface area (Å²) in [5.41, 5.74) is 3.47. The predicted molar refractivity (Wildman–Crippen MR) is 96.4 cm³/mol. The zero-order valence-electron chi connectivity index (χ0n) is 13.9. The molecule has 1 aromatic heterocycles. The summed E-state index contributed by atoms with van der Waals surface area (Å²) in [5, 5.41) is 0.902. The third-order valence-electron chi connectivity index (χ3n) is 3.80. The first-order chi connectivity index (χ1) is 11.6. The van der Waals surface area contributed by atoms with Crippen LogP contribution in [0.3, 0.4) is 0 Å². The second kappa shape index (κ2) is 7.18. The average molecular weight is 320 g/mol. The number of allylic oxidation sites excluding steroid dienone is 2. The summed E-state index contributed by atoms with van der Waals surface area (Å²) in [4.78, 5) is 11.6. The Kier molecular flexibility index (Phi) is 4.80. The van der Waals surface area contributed by atoms with Gasteiger partial charge in [0, 0.05) is 17.0 Å². The molecule has 3 nitrogen and oxygen atoms in total. The van der Waals surface area contributed by atoms with Crippen LogP contribution in [-0.2, 0) is 13.0 Å². The van der Waals surface area contributed by atoms with Crippen molar-refractivity contribution in [2.45, 2.75) is 26.9 Å². The molecule has 0 aliphatic rings. The minimum atomic E-state index is -0.346. The van der Waals surface area contributed by atoms with E-state index in [1.165, 1.54) is 11.6 Å². The number of hydrogen-bond donors (Lipinski definition) is 0. The number of fused-ring (bicyclic) bond motifs is 1. The molecule has 0 unspecified atom stereocenters. The van der Waals surface area contributed by atoms with Crippen molar-refractivity contribution in [1.82, 2.24) is 0 Å². The van der Waals surface area contributed by atoms with Gasteiger partial charge in [0.25, 0.3) is 0 Å². The van der Waals surface area contributed by atoms with Crippen molar-refractivity contribution >= 4 is 11.0 Å². The van der Waals surface area contributed by atoms with Crippen molar-refractivity contribution in [3.63, 3.8) is 0 Å². The topological polar surface area (TPSA) is 39.4 Å². The van der Waals surface area contributed by atoms with Crippen LogP contribution in [0.4, 0.5) is 0 Å². The molecule has 0 aliphatic heterocycles. The minimum Gasteiger partial charge on any atom is -0.488 e. The van der Waals surface area contributed by atoms with E-state index >= 15 is 0 Å². The molecule has 2 aromatic carbocycles. The summed E-state index contributed by atoms with van der Waals surface area (Å²) in [6.07, 6.45) is 2.77. The van der Waals surface area contributed by atoms with Gasteiger partial charge in [0.05, 0.1) is 0 Å². The molecular weight excluding hydrogens is 300 g/mol. The molecule has 0 bridgehead atoms. The Morgan fingerprint density at radius 3 is 2.54 bits per heavy atom. The Hall–Kier alpha value is -2.81. The van der Waals surface area contributed by atoms with Gasteiger partial charge in [0.1, 0.15) is 17.9 Å². The van der Waals surface area contributed by atoms with Gasteiger partial charge in [-0.2, -0.15) is 0 Å². The van der Waals surface area contributed by atoms with Gasteiger partial charge in [-0.25, -0.2) is 4.79 Å². The van der Waals surface area contributed by atoms with E-state index < -0.39 is 0 Å². The van der Waals surface area contributed by atoms with Crippen LogP contribution >= 0.6 is 0 Å². The first kappa shape index (κ1) is 16.1. The summed E-state index contributed by atoms with van der Waals surface area (Å²) in [6, 6.07) is 17.1. The van der Waals surface area contributed by atoms with Crippen LogP contribution < -0.4 is 10.4 Å². The molecule has 0 N–H and O–H groups in total. The lowest BCUT2D eigenvalue weighted by atomic mass is 10.1. The van der Waals surface area contributed by atoms with Gasteiger partial charge in [0.15, 0.2) is 0 Å². The molecule has 24 heavy (non-hydrogen) atoms. The van der Waals surface area contributed by atoms with Gasteiger partial charge in [-0.3, -0.25) is 0 Å². The molecule has 0 radical (unpaired) electrons. The maximum Gasteiger partial charge on any atom is 0.336 e. The molecule has 122 valence electrons. The number of ether oxygens (including phenoxy) is 1. The Morgan fingerprint density at radius 2 is 1.79 bits per heavy atom. The van der Waals surface area contributed by atoms with Gasteiger partial charge < -0.3 is 9.15 Å². The molecule has 3 rings (SSSR count). The van der Waals surface area contributed by atoms with Crippen molar-refractivity contribution < 1.29 is 9.15 Å². The Bertz CT molecular complexity index is 917. The van der Waals surface area contributed by atoms with E-state index in [9.17, 15) is 4.79 Å².